The monoisotopic (exact) mass is 309 g/mol. The second-order valence-corrected chi connectivity index (χ2v) is 6.23. The third kappa shape index (κ3) is 9.88. The van der Waals surface area contributed by atoms with Crippen molar-refractivity contribution in [2.75, 3.05) is 5.75 Å². The molecule has 1 aliphatic rings. The van der Waals surface area contributed by atoms with Crippen LogP contribution < -0.4 is 0 Å². The highest BCUT2D eigenvalue weighted by Crippen LogP contribution is 2.07. The van der Waals surface area contributed by atoms with Gasteiger partial charge in [-0.2, -0.15) is 13.5 Å². The summed E-state index contributed by atoms with van der Waals surface area (Å²) in [7, 11) is -3.72. The van der Waals surface area contributed by atoms with E-state index in [1.165, 1.54) is 19.3 Å². The van der Waals surface area contributed by atoms with Crippen LogP contribution in [-0.4, -0.2) is 40.8 Å². The maximum Gasteiger partial charge on any atom is 0.264 e. The molecule has 1 heterocycles. The van der Waals surface area contributed by atoms with E-state index in [-0.39, 0.29) is 23.7 Å². The first-order valence-electron chi connectivity index (χ1n) is 6.77. The summed E-state index contributed by atoms with van der Waals surface area (Å²) in [5, 5.41) is 8.57. The first-order chi connectivity index (χ1) is 9.28. The highest BCUT2D eigenvalue weighted by Gasteiger charge is 2.26. The fourth-order valence-electron chi connectivity index (χ4n) is 1.63. The number of amides is 2. The van der Waals surface area contributed by atoms with E-state index in [0.717, 1.165) is 12.8 Å². The number of unbranched alkanes of at least 4 members (excludes halogenated alkanes) is 5. The zero-order valence-electron chi connectivity index (χ0n) is 11.7. The summed E-state index contributed by atoms with van der Waals surface area (Å²) < 4.78 is 28.9. The second-order valence-electron chi connectivity index (χ2n) is 4.65. The average Bonchev–Trinajstić information content (AvgIpc) is 2.65. The molecule has 1 rings (SSSR count). The molecular formula is C12H23NO6S. The van der Waals surface area contributed by atoms with Crippen LogP contribution in [0.15, 0.2) is 0 Å². The number of rotatable bonds is 7. The van der Waals surface area contributed by atoms with E-state index >= 15 is 0 Å². The Morgan fingerprint density at radius 3 is 1.80 bits per heavy atom. The van der Waals surface area contributed by atoms with Crippen molar-refractivity contribution < 1.29 is 27.8 Å². The Bertz CT molecular complexity index is 390. The molecule has 0 saturated carbocycles. The summed E-state index contributed by atoms with van der Waals surface area (Å²) in [6.45, 7) is 2.14. The Hall–Kier alpha value is -0.990. The van der Waals surface area contributed by atoms with E-state index in [9.17, 15) is 18.0 Å². The molecule has 0 spiro atoms. The van der Waals surface area contributed by atoms with Crippen molar-refractivity contribution in [3.8, 4) is 0 Å². The van der Waals surface area contributed by atoms with Gasteiger partial charge in [-0.1, -0.05) is 39.0 Å². The Balaban J connectivity index is 0.000000388. The SMILES string of the molecule is CCCCCCCCS(=O)(=O)O.O=C1CCC(=O)N1O. The Labute approximate surface area is 119 Å². The number of nitrogens with zero attached hydrogens (tertiary/aromatic N) is 1. The van der Waals surface area contributed by atoms with Crippen molar-refractivity contribution in [2.45, 2.75) is 58.3 Å². The lowest BCUT2D eigenvalue weighted by molar-refractivity contribution is -0.171. The standard InChI is InChI=1S/C8H18O3S.C4H5NO3/c1-2-3-4-5-6-7-8-12(9,10)11;6-3-1-2-4(7)5(3)8/h2-8H2,1H3,(H,9,10,11);8H,1-2H2. The van der Waals surface area contributed by atoms with Gasteiger partial charge in [-0.25, -0.2) is 0 Å². The summed E-state index contributed by atoms with van der Waals surface area (Å²) in [4.78, 5) is 20.5. The van der Waals surface area contributed by atoms with Gasteiger partial charge in [0.05, 0.1) is 5.75 Å². The van der Waals surface area contributed by atoms with E-state index in [1.54, 1.807) is 0 Å². The zero-order chi connectivity index (χ0) is 15.6. The number of carbonyl (C=O) groups is 2. The molecule has 0 aromatic rings. The largest absolute Gasteiger partial charge is 0.286 e. The van der Waals surface area contributed by atoms with Gasteiger partial charge in [0.1, 0.15) is 0 Å². The lowest BCUT2D eigenvalue weighted by Gasteiger charge is -1.98. The number of imide groups is 1. The molecule has 1 fully saturated rings. The van der Waals surface area contributed by atoms with Crippen LogP contribution in [0.3, 0.4) is 0 Å². The van der Waals surface area contributed by atoms with Crippen LogP contribution in [0.2, 0.25) is 0 Å². The highest BCUT2D eigenvalue weighted by atomic mass is 32.2. The van der Waals surface area contributed by atoms with Crippen molar-refractivity contribution in [3.05, 3.63) is 0 Å². The van der Waals surface area contributed by atoms with Gasteiger partial charge in [0, 0.05) is 12.8 Å². The molecule has 8 heteroatoms. The molecule has 0 unspecified atom stereocenters. The van der Waals surface area contributed by atoms with E-state index in [4.69, 9.17) is 9.76 Å². The maximum absolute atomic E-state index is 10.3. The fraction of sp³-hybridized carbons (Fsp3) is 0.833. The van der Waals surface area contributed by atoms with Crippen molar-refractivity contribution in [1.82, 2.24) is 5.06 Å². The normalized spacial score (nSPS) is 15.2. The molecule has 1 aliphatic heterocycles. The molecule has 0 atom stereocenters. The summed E-state index contributed by atoms with van der Waals surface area (Å²) >= 11 is 0. The molecule has 2 N–H and O–H groups in total. The lowest BCUT2D eigenvalue weighted by Crippen LogP contribution is -2.24. The molecule has 7 nitrogen and oxygen atoms in total. The van der Waals surface area contributed by atoms with Crippen LogP contribution >= 0.6 is 0 Å². The number of hydrogen-bond acceptors (Lipinski definition) is 5. The molecule has 0 aliphatic carbocycles. The summed E-state index contributed by atoms with van der Waals surface area (Å²) in [5.41, 5.74) is 0. The van der Waals surface area contributed by atoms with Crippen molar-refractivity contribution >= 4 is 21.9 Å². The first kappa shape index (κ1) is 19.0. The van der Waals surface area contributed by atoms with Gasteiger partial charge in [-0.05, 0) is 6.42 Å². The fourth-order valence-corrected chi connectivity index (χ4v) is 2.20. The van der Waals surface area contributed by atoms with Crippen LogP contribution in [0.25, 0.3) is 0 Å². The minimum atomic E-state index is -3.72. The molecule has 118 valence electrons. The molecule has 2 amide bonds. The van der Waals surface area contributed by atoms with Crippen molar-refractivity contribution in [3.63, 3.8) is 0 Å². The van der Waals surface area contributed by atoms with Crippen LogP contribution in [0, 0.1) is 0 Å². The van der Waals surface area contributed by atoms with Crippen LogP contribution in [0.1, 0.15) is 58.3 Å². The van der Waals surface area contributed by atoms with E-state index in [2.05, 4.69) is 6.92 Å². The maximum atomic E-state index is 10.3. The summed E-state index contributed by atoms with van der Waals surface area (Å²) in [5.74, 6) is -1.09. The molecule has 0 bridgehead atoms. The Kier molecular flexibility index (Phi) is 9.35. The zero-order valence-corrected chi connectivity index (χ0v) is 12.6. The Morgan fingerprint density at radius 1 is 1.00 bits per heavy atom. The van der Waals surface area contributed by atoms with Gasteiger partial charge >= 0.3 is 0 Å². The third-order valence-electron chi connectivity index (χ3n) is 2.78. The number of carbonyl (C=O) groups excluding carboxylic acids is 2. The minimum absolute atomic E-state index is 0.0842. The van der Waals surface area contributed by atoms with Crippen LogP contribution in [0.4, 0.5) is 0 Å². The summed E-state index contributed by atoms with van der Waals surface area (Å²) in [6.07, 6.45) is 6.43. The van der Waals surface area contributed by atoms with Gasteiger partial charge in [-0.15, -0.1) is 0 Å². The van der Waals surface area contributed by atoms with E-state index in [0.29, 0.717) is 6.42 Å². The quantitative estimate of drug-likeness (QED) is 0.321. The Morgan fingerprint density at radius 2 is 1.45 bits per heavy atom. The van der Waals surface area contributed by atoms with Gasteiger partial charge in [0.25, 0.3) is 21.9 Å². The number of hydrogen-bond donors (Lipinski definition) is 2. The lowest BCUT2D eigenvalue weighted by atomic mass is 10.1. The predicted molar refractivity (Wildman–Crippen MR) is 72.7 cm³/mol. The average molecular weight is 309 g/mol. The van der Waals surface area contributed by atoms with Crippen molar-refractivity contribution in [2.24, 2.45) is 0 Å². The molecule has 20 heavy (non-hydrogen) atoms. The number of hydroxylamine groups is 2. The van der Waals surface area contributed by atoms with Gasteiger partial charge in [0.15, 0.2) is 0 Å². The van der Waals surface area contributed by atoms with Gasteiger partial charge < -0.3 is 0 Å². The van der Waals surface area contributed by atoms with Crippen molar-refractivity contribution in [1.29, 1.82) is 0 Å². The smallest absolute Gasteiger partial charge is 0.264 e. The predicted octanol–water partition coefficient (Wildman–Crippen LogP) is 1.76. The minimum Gasteiger partial charge on any atom is -0.286 e. The first-order valence-corrected chi connectivity index (χ1v) is 8.38. The topological polar surface area (TPSA) is 112 Å². The van der Waals surface area contributed by atoms with Gasteiger partial charge in [-0.3, -0.25) is 19.3 Å². The summed E-state index contributed by atoms with van der Waals surface area (Å²) in [6, 6.07) is 0. The molecule has 0 radical (unpaired) electrons. The van der Waals surface area contributed by atoms with Crippen LogP contribution in [0.5, 0.6) is 0 Å². The molecule has 0 aromatic carbocycles. The molecule has 1 saturated heterocycles. The highest BCUT2D eigenvalue weighted by molar-refractivity contribution is 7.85. The second kappa shape index (κ2) is 9.84. The van der Waals surface area contributed by atoms with Crippen LogP contribution in [-0.2, 0) is 19.7 Å². The third-order valence-corrected chi connectivity index (χ3v) is 3.59. The molecule has 0 aromatic heterocycles. The van der Waals surface area contributed by atoms with E-state index < -0.39 is 21.9 Å². The van der Waals surface area contributed by atoms with Gasteiger partial charge in [0.2, 0.25) is 0 Å². The molecular weight excluding hydrogens is 286 g/mol. The van der Waals surface area contributed by atoms with E-state index in [1.807, 2.05) is 0 Å².